The standard InChI is InChI=1S/C18H19BrClNO2/c1-11-4-5-14(8-12(11)2)13(3)21-18(22)10-23-17-7-6-15(19)9-16(17)20/h4-9,13H,10H2,1-3H3,(H,21,22)/t13-/m0/s1. The zero-order chi connectivity index (χ0) is 17.0. The van der Waals surface area contributed by atoms with Gasteiger partial charge in [0.15, 0.2) is 6.61 Å². The van der Waals surface area contributed by atoms with E-state index >= 15 is 0 Å². The number of benzene rings is 2. The largest absolute Gasteiger partial charge is 0.482 e. The van der Waals surface area contributed by atoms with E-state index in [0.717, 1.165) is 10.0 Å². The van der Waals surface area contributed by atoms with Crippen LogP contribution < -0.4 is 10.1 Å². The average Bonchev–Trinajstić information content (AvgIpc) is 2.49. The van der Waals surface area contributed by atoms with Crippen molar-refractivity contribution in [3.8, 4) is 5.75 Å². The van der Waals surface area contributed by atoms with Gasteiger partial charge in [0.05, 0.1) is 11.1 Å². The van der Waals surface area contributed by atoms with Gasteiger partial charge in [-0.3, -0.25) is 4.79 Å². The zero-order valence-electron chi connectivity index (χ0n) is 13.3. The van der Waals surface area contributed by atoms with Crippen molar-refractivity contribution in [3.05, 3.63) is 62.6 Å². The van der Waals surface area contributed by atoms with E-state index in [4.69, 9.17) is 16.3 Å². The van der Waals surface area contributed by atoms with Gasteiger partial charge in [0.25, 0.3) is 5.91 Å². The van der Waals surface area contributed by atoms with Crippen molar-refractivity contribution in [2.75, 3.05) is 6.61 Å². The Balaban J connectivity index is 1.92. The second-order valence-corrected chi connectivity index (χ2v) is 6.82. The highest BCUT2D eigenvalue weighted by Crippen LogP contribution is 2.27. The maximum atomic E-state index is 12.0. The molecule has 122 valence electrons. The van der Waals surface area contributed by atoms with E-state index < -0.39 is 0 Å². The van der Waals surface area contributed by atoms with E-state index in [2.05, 4.69) is 47.2 Å². The molecule has 1 N–H and O–H groups in total. The molecular formula is C18H19BrClNO2. The molecule has 0 aliphatic rings. The Morgan fingerprint density at radius 1 is 1.22 bits per heavy atom. The fourth-order valence-corrected chi connectivity index (χ4v) is 2.86. The molecule has 0 bridgehead atoms. The average molecular weight is 397 g/mol. The molecule has 1 amide bonds. The Morgan fingerprint density at radius 2 is 1.96 bits per heavy atom. The number of ether oxygens (including phenoxy) is 1. The summed E-state index contributed by atoms with van der Waals surface area (Å²) in [7, 11) is 0. The van der Waals surface area contributed by atoms with Gasteiger partial charge in [0.2, 0.25) is 0 Å². The lowest BCUT2D eigenvalue weighted by Crippen LogP contribution is -2.31. The van der Waals surface area contributed by atoms with E-state index in [1.807, 2.05) is 19.1 Å². The molecule has 3 nitrogen and oxygen atoms in total. The molecule has 1 atom stereocenters. The molecule has 2 aromatic rings. The molecule has 0 saturated carbocycles. The first kappa shape index (κ1) is 17.8. The molecule has 0 aliphatic heterocycles. The second kappa shape index (κ2) is 7.84. The number of hydrogen-bond acceptors (Lipinski definition) is 2. The van der Waals surface area contributed by atoms with Crippen molar-refractivity contribution in [2.45, 2.75) is 26.8 Å². The van der Waals surface area contributed by atoms with Crippen LogP contribution in [0.2, 0.25) is 5.02 Å². The highest BCUT2D eigenvalue weighted by Gasteiger charge is 2.12. The Hall–Kier alpha value is -1.52. The summed E-state index contributed by atoms with van der Waals surface area (Å²) in [5.41, 5.74) is 3.52. The van der Waals surface area contributed by atoms with Gasteiger partial charge >= 0.3 is 0 Å². The Morgan fingerprint density at radius 3 is 2.61 bits per heavy atom. The quantitative estimate of drug-likeness (QED) is 0.774. The van der Waals surface area contributed by atoms with Crippen LogP contribution in [0.4, 0.5) is 0 Å². The van der Waals surface area contributed by atoms with Crippen LogP contribution in [0.3, 0.4) is 0 Å². The second-order valence-electron chi connectivity index (χ2n) is 5.50. The normalized spacial score (nSPS) is 11.9. The van der Waals surface area contributed by atoms with E-state index in [9.17, 15) is 4.79 Å². The predicted molar refractivity (Wildman–Crippen MR) is 97.1 cm³/mol. The van der Waals surface area contributed by atoms with Gasteiger partial charge < -0.3 is 10.1 Å². The van der Waals surface area contributed by atoms with Crippen molar-refractivity contribution >= 4 is 33.4 Å². The third kappa shape index (κ3) is 4.98. The lowest BCUT2D eigenvalue weighted by Gasteiger charge is -2.16. The molecule has 5 heteroatoms. The summed E-state index contributed by atoms with van der Waals surface area (Å²) < 4.78 is 6.33. The molecular weight excluding hydrogens is 378 g/mol. The lowest BCUT2D eigenvalue weighted by molar-refractivity contribution is -0.123. The van der Waals surface area contributed by atoms with Crippen LogP contribution in [-0.2, 0) is 4.79 Å². The number of hydrogen-bond donors (Lipinski definition) is 1. The zero-order valence-corrected chi connectivity index (χ0v) is 15.7. The molecule has 0 unspecified atom stereocenters. The molecule has 23 heavy (non-hydrogen) atoms. The molecule has 2 aromatic carbocycles. The molecule has 0 radical (unpaired) electrons. The van der Waals surface area contributed by atoms with Gasteiger partial charge in [-0.15, -0.1) is 0 Å². The molecule has 0 aliphatic carbocycles. The van der Waals surface area contributed by atoms with Crippen LogP contribution in [0.1, 0.15) is 29.7 Å². The highest BCUT2D eigenvalue weighted by atomic mass is 79.9. The van der Waals surface area contributed by atoms with Gasteiger partial charge in [-0.05, 0) is 55.7 Å². The summed E-state index contributed by atoms with van der Waals surface area (Å²) in [4.78, 5) is 12.0. The van der Waals surface area contributed by atoms with Gasteiger partial charge in [-0.1, -0.05) is 45.7 Å². The smallest absolute Gasteiger partial charge is 0.258 e. The monoisotopic (exact) mass is 395 g/mol. The van der Waals surface area contributed by atoms with Gasteiger partial charge in [0.1, 0.15) is 5.75 Å². The minimum atomic E-state index is -0.185. The summed E-state index contributed by atoms with van der Waals surface area (Å²) in [5, 5.41) is 3.39. The van der Waals surface area contributed by atoms with Crippen molar-refractivity contribution in [3.63, 3.8) is 0 Å². The summed E-state index contributed by atoms with van der Waals surface area (Å²) in [5.74, 6) is 0.304. The number of rotatable bonds is 5. The van der Waals surface area contributed by atoms with Crippen molar-refractivity contribution < 1.29 is 9.53 Å². The summed E-state index contributed by atoms with van der Waals surface area (Å²) in [6.45, 7) is 6.01. The third-order valence-corrected chi connectivity index (χ3v) is 4.45. The van der Waals surface area contributed by atoms with Gasteiger partial charge in [0, 0.05) is 4.47 Å². The number of carbonyl (C=O) groups is 1. The van der Waals surface area contributed by atoms with Crippen LogP contribution in [0.15, 0.2) is 40.9 Å². The summed E-state index contributed by atoms with van der Waals surface area (Å²) >= 11 is 9.39. The van der Waals surface area contributed by atoms with Crippen molar-refractivity contribution in [1.82, 2.24) is 5.32 Å². The Kier molecular flexibility index (Phi) is 6.08. The van der Waals surface area contributed by atoms with E-state index in [-0.39, 0.29) is 18.6 Å². The number of halogens is 2. The van der Waals surface area contributed by atoms with Crippen LogP contribution >= 0.6 is 27.5 Å². The maximum absolute atomic E-state index is 12.0. The fraction of sp³-hybridized carbons (Fsp3) is 0.278. The minimum absolute atomic E-state index is 0.0729. The Labute approximate surface area is 150 Å². The molecule has 0 heterocycles. The van der Waals surface area contributed by atoms with Crippen LogP contribution in [0.5, 0.6) is 5.75 Å². The first-order valence-electron chi connectivity index (χ1n) is 7.31. The van der Waals surface area contributed by atoms with Crippen LogP contribution in [-0.4, -0.2) is 12.5 Å². The first-order valence-corrected chi connectivity index (χ1v) is 8.48. The van der Waals surface area contributed by atoms with Gasteiger partial charge in [-0.2, -0.15) is 0 Å². The van der Waals surface area contributed by atoms with Gasteiger partial charge in [-0.25, -0.2) is 0 Å². The number of aryl methyl sites for hydroxylation is 2. The van der Waals surface area contributed by atoms with E-state index in [1.54, 1.807) is 12.1 Å². The predicted octanol–water partition coefficient (Wildman–Crippen LogP) is 4.98. The lowest BCUT2D eigenvalue weighted by atomic mass is 10.0. The van der Waals surface area contributed by atoms with Crippen LogP contribution in [0.25, 0.3) is 0 Å². The fourth-order valence-electron chi connectivity index (χ4n) is 2.14. The number of carbonyl (C=O) groups excluding carboxylic acids is 1. The maximum Gasteiger partial charge on any atom is 0.258 e. The van der Waals surface area contributed by atoms with Crippen molar-refractivity contribution in [1.29, 1.82) is 0 Å². The molecule has 2 rings (SSSR count). The topological polar surface area (TPSA) is 38.3 Å². The van der Waals surface area contributed by atoms with E-state index in [1.165, 1.54) is 11.1 Å². The third-order valence-electron chi connectivity index (χ3n) is 3.66. The molecule has 0 aromatic heterocycles. The summed E-state index contributed by atoms with van der Waals surface area (Å²) in [6.07, 6.45) is 0. The number of nitrogens with one attached hydrogen (secondary N) is 1. The van der Waals surface area contributed by atoms with Crippen molar-refractivity contribution in [2.24, 2.45) is 0 Å². The molecule has 0 fully saturated rings. The SMILES string of the molecule is Cc1ccc([C@H](C)NC(=O)COc2ccc(Br)cc2Cl)cc1C. The number of amides is 1. The summed E-state index contributed by atoms with van der Waals surface area (Å²) in [6, 6.07) is 11.4. The highest BCUT2D eigenvalue weighted by molar-refractivity contribution is 9.10. The molecule has 0 spiro atoms. The van der Waals surface area contributed by atoms with Crippen LogP contribution in [0, 0.1) is 13.8 Å². The first-order chi connectivity index (χ1) is 10.9. The molecule has 0 saturated heterocycles. The van der Waals surface area contributed by atoms with E-state index in [0.29, 0.717) is 10.8 Å². The minimum Gasteiger partial charge on any atom is -0.482 e. The Bertz CT molecular complexity index is 718.